The summed E-state index contributed by atoms with van der Waals surface area (Å²) < 4.78 is 5.45. The van der Waals surface area contributed by atoms with Crippen LogP contribution in [0, 0.1) is 0 Å². The van der Waals surface area contributed by atoms with Gasteiger partial charge in [-0.1, -0.05) is 0 Å². The highest BCUT2D eigenvalue weighted by Crippen LogP contribution is 2.16. The Balaban J connectivity index is 0.00000225. The van der Waals surface area contributed by atoms with E-state index < -0.39 is 0 Å². The van der Waals surface area contributed by atoms with E-state index in [-0.39, 0.29) is 24.4 Å². The molecule has 0 aromatic carbocycles. The van der Waals surface area contributed by atoms with Crippen molar-refractivity contribution in [3.63, 3.8) is 0 Å². The quantitative estimate of drug-likeness (QED) is 0.745. The normalized spacial score (nSPS) is 21.2. The lowest BCUT2D eigenvalue weighted by molar-refractivity contribution is -0.121. The smallest absolute Gasteiger partial charge is 0.220 e. The van der Waals surface area contributed by atoms with Crippen LogP contribution in [0.3, 0.4) is 0 Å². The molecular formula is C11H23ClN2O2. The van der Waals surface area contributed by atoms with Crippen molar-refractivity contribution in [3.8, 4) is 0 Å². The fraction of sp³-hybridized carbons (Fsp3) is 0.909. The van der Waals surface area contributed by atoms with Crippen LogP contribution >= 0.6 is 12.4 Å². The molecule has 0 saturated carbocycles. The molecule has 1 aliphatic rings. The van der Waals surface area contributed by atoms with Gasteiger partial charge in [0.15, 0.2) is 0 Å². The molecule has 2 atom stereocenters. The third kappa shape index (κ3) is 7.04. The summed E-state index contributed by atoms with van der Waals surface area (Å²) in [6.45, 7) is 3.48. The average Bonchev–Trinajstić information content (AvgIpc) is 2.66. The highest BCUT2D eigenvalue weighted by molar-refractivity contribution is 5.85. The summed E-state index contributed by atoms with van der Waals surface area (Å²) >= 11 is 0. The summed E-state index contributed by atoms with van der Waals surface area (Å²) in [6.07, 6.45) is 4.81. The number of ether oxygens (including phenoxy) is 1. The summed E-state index contributed by atoms with van der Waals surface area (Å²) in [7, 11) is 0. The van der Waals surface area contributed by atoms with E-state index in [9.17, 15) is 4.79 Å². The van der Waals surface area contributed by atoms with Crippen LogP contribution in [-0.2, 0) is 9.53 Å². The van der Waals surface area contributed by atoms with E-state index in [1.54, 1.807) is 0 Å². The Morgan fingerprint density at radius 3 is 2.94 bits per heavy atom. The Labute approximate surface area is 104 Å². The molecule has 3 N–H and O–H groups in total. The van der Waals surface area contributed by atoms with Gasteiger partial charge in [-0.15, -0.1) is 12.4 Å². The standard InChI is InChI=1S/C11H22N2O2.ClH/c1-9(12)6-7-13-11(14)5-4-10-3-2-8-15-10;/h9-10H,2-8,12H2,1H3,(H,13,14);1H. The summed E-state index contributed by atoms with van der Waals surface area (Å²) in [6, 6.07) is 0.156. The van der Waals surface area contributed by atoms with Gasteiger partial charge in [0, 0.05) is 25.6 Å². The second kappa shape index (κ2) is 8.79. The molecule has 1 saturated heterocycles. The summed E-state index contributed by atoms with van der Waals surface area (Å²) in [5.74, 6) is 0.117. The van der Waals surface area contributed by atoms with Gasteiger partial charge >= 0.3 is 0 Å². The topological polar surface area (TPSA) is 64.3 Å². The Kier molecular flexibility index (Phi) is 8.61. The monoisotopic (exact) mass is 250 g/mol. The Hall–Kier alpha value is -0.320. The van der Waals surface area contributed by atoms with Crippen LogP contribution in [0.5, 0.6) is 0 Å². The first-order chi connectivity index (χ1) is 7.18. The molecule has 16 heavy (non-hydrogen) atoms. The van der Waals surface area contributed by atoms with Crippen molar-refractivity contribution in [2.45, 2.75) is 51.2 Å². The number of hydrogen-bond acceptors (Lipinski definition) is 3. The highest BCUT2D eigenvalue weighted by Gasteiger charge is 2.16. The van der Waals surface area contributed by atoms with E-state index in [0.29, 0.717) is 19.1 Å². The maximum absolute atomic E-state index is 11.4. The second-order valence-electron chi connectivity index (χ2n) is 4.29. The molecule has 0 aromatic heterocycles. The van der Waals surface area contributed by atoms with E-state index in [2.05, 4.69) is 5.32 Å². The molecule has 1 heterocycles. The lowest BCUT2D eigenvalue weighted by Crippen LogP contribution is -2.29. The first-order valence-electron chi connectivity index (χ1n) is 5.82. The fourth-order valence-electron chi connectivity index (χ4n) is 1.69. The molecule has 0 bridgehead atoms. The van der Waals surface area contributed by atoms with Gasteiger partial charge in [-0.2, -0.15) is 0 Å². The molecule has 1 rings (SSSR count). The number of carbonyl (C=O) groups excluding carboxylic acids is 1. The zero-order valence-corrected chi connectivity index (χ0v) is 10.7. The minimum atomic E-state index is 0. The van der Waals surface area contributed by atoms with Gasteiger partial charge in [0.2, 0.25) is 5.91 Å². The van der Waals surface area contributed by atoms with Crippen LogP contribution in [0.1, 0.15) is 39.0 Å². The third-order valence-corrected chi connectivity index (χ3v) is 2.64. The molecule has 96 valence electrons. The molecular weight excluding hydrogens is 228 g/mol. The second-order valence-corrected chi connectivity index (χ2v) is 4.29. The van der Waals surface area contributed by atoms with E-state index in [4.69, 9.17) is 10.5 Å². The first-order valence-corrected chi connectivity index (χ1v) is 5.82. The highest BCUT2D eigenvalue weighted by atomic mass is 35.5. The maximum Gasteiger partial charge on any atom is 0.220 e. The van der Waals surface area contributed by atoms with Crippen molar-refractivity contribution >= 4 is 18.3 Å². The van der Waals surface area contributed by atoms with Gasteiger partial charge in [-0.05, 0) is 32.6 Å². The van der Waals surface area contributed by atoms with Crippen molar-refractivity contribution < 1.29 is 9.53 Å². The number of halogens is 1. The van der Waals surface area contributed by atoms with Crippen molar-refractivity contribution in [1.29, 1.82) is 0 Å². The minimum Gasteiger partial charge on any atom is -0.378 e. The van der Waals surface area contributed by atoms with Crippen molar-refractivity contribution in [1.82, 2.24) is 5.32 Å². The average molecular weight is 251 g/mol. The number of carbonyl (C=O) groups is 1. The van der Waals surface area contributed by atoms with Gasteiger partial charge in [0.25, 0.3) is 0 Å². The number of nitrogens with one attached hydrogen (secondary N) is 1. The molecule has 0 aromatic rings. The van der Waals surface area contributed by atoms with E-state index >= 15 is 0 Å². The van der Waals surface area contributed by atoms with Crippen LogP contribution in [0.15, 0.2) is 0 Å². The van der Waals surface area contributed by atoms with Crippen molar-refractivity contribution in [2.24, 2.45) is 5.73 Å². The lowest BCUT2D eigenvalue weighted by Gasteiger charge is -2.10. The first kappa shape index (κ1) is 15.7. The summed E-state index contributed by atoms with van der Waals surface area (Å²) in [5, 5.41) is 2.86. The zero-order chi connectivity index (χ0) is 11.1. The Bertz CT molecular complexity index is 194. The van der Waals surface area contributed by atoms with Gasteiger partial charge in [0.1, 0.15) is 0 Å². The number of amides is 1. The van der Waals surface area contributed by atoms with Crippen molar-refractivity contribution in [3.05, 3.63) is 0 Å². The van der Waals surface area contributed by atoms with E-state index in [1.165, 1.54) is 0 Å². The van der Waals surface area contributed by atoms with Crippen molar-refractivity contribution in [2.75, 3.05) is 13.2 Å². The van der Waals surface area contributed by atoms with E-state index in [1.807, 2.05) is 6.92 Å². The molecule has 1 fully saturated rings. The predicted octanol–water partition coefficient (Wildman–Crippen LogP) is 1.22. The molecule has 2 unspecified atom stereocenters. The largest absolute Gasteiger partial charge is 0.378 e. The van der Waals surface area contributed by atoms with Crippen LogP contribution in [-0.4, -0.2) is 31.2 Å². The molecule has 1 amide bonds. The Morgan fingerprint density at radius 2 is 2.38 bits per heavy atom. The van der Waals surface area contributed by atoms with Crippen LogP contribution in [0.25, 0.3) is 0 Å². The fourth-order valence-corrected chi connectivity index (χ4v) is 1.69. The SMILES string of the molecule is CC(N)CCNC(=O)CCC1CCCO1.Cl. The number of hydrogen-bond donors (Lipinski definition) is 2. The predicted molar refractivity (Wildman–Crippen MR) is 66.7 cm³/mol. The van der Waals surface area contributed by atoms with E-state index in [0.717, 1.165) is 32.3 Å². The number of rotatable bonds is 6. The van der Waals surface area contributed by atoms with Gasteiger partial charge < -0.3 is 15.8 Å². The molecule has 4 nitrogen and oxygen atoms in total. The summed E-state index contributed by atoms with van der Waals surface area (Å²) in [5.41, 5.74) is 5.58. The zero-order valence-electron chi connectivity index (χ0n) is 9.91. The number of nitrogens with two attached hydrogens (primary N) is 1. The van der Waals surface area contributed by atoms with Crippen LogP contribution < -0.4 is 11.1 Å². The van der Waals surface area contributed by atoms with Gasteiger partial charge in [-0.25, -0.2) is 0 Å². The Morgan fingerprint density at radius 1 is 1.62 bits per heavy atom. The third-order valence-electron chi connectivity index (χ3n) is 2.64. The maximum atomic E-state index is 11.4. The molecule has 1 aliphatic heterocycles. The minimum absolute atomic E-state index is 0. The molecule has 5 heteroatoms. The summed E-state index contributed by atoms with van der Waals surface area (Å²) in [4.78, 5) is 11.4. The lowest BCUT2D eigenvalue weighted by atomic mass is 10.1. The molecule has 0 spiro atoms. The molecule has 0 radical (unpaired) electrons. The molecule has 0 aliphatic carbocycles. The van der Waals surface area contributed by atoms with Crippen LogP contribution in [0.4, 0.5) is 0 Å². The van der Waals surface area contributed by atoms with Crippen LogP contribution in [0.2, 0.25) is 0 Å². The van der Waals surface area contributed by atoms with Gasteiger partial charge in [-0.3, -0.25) is 4.79 Å². The van der Waals surface area contributed by atoms with Gasteiger partial charge in [0.05, 0.1) is 6.10 Å².